The second kappa shape index (κ2) is 4.95. The van der Waals surface area contributed by atoms with Crippen molar-refractivity contribution in [3.05, 3.63) is 68.3 Å². The van der Waals surface area contributed by atoms with Gasteiger partial charge in [0.05, 0.1) is 37.7 Å². The number of carbonyl (C=O) groups excluding carboxylic acids is 1. The molecule has 0 saturated carbocycles. The lowest BCUT2D eigenvalue weighted by Gasteiger charge is -2.11. The van der Waals surface area contributed by atoms with Crippen molar-refractivity contribution >= 4 is 40.5 Å². The van der Waals surface area contributed by atoms with Crippen LogP contribution in [0.15, 0.2) is 46.4 Å². The van der Waals surface area contributed by atoms with E-state index in [2.05, 4.69) is 5.32 Å². The number of aliphatic hydroxyl groups excluding tert-OH is 1. The second-order valence-electron chi connectivity index (χ2n) is 6.61. The Balaban J connectivity index is 1.88. The largest absolute Gasteiger partial charge is 0.369 e. The lowest BCUT2D eigenvalue weighted by atomic mass is 9.90. The van der Waals surface area contributed by atoms with E-state index in [-0.39, 0.29) is 5.91 Å². The number of amides is 1. The fraction of sp³-hybridized carbons (Fsp3) is 0.0500. The Morgan fingerprint density at radius 2 is 1.41 bits per heavy atom. The van der Waals surface area contributed by atoms with Gasteiger partial charge in [0.2, 0.25) is 0 Å². The zero-order valence-corrected chi connectivity index (χ0v) is 15.1. The van der Waals surface area contributed by atoms with Gasteiger partial charge in [0, 0.05) is 27.8 Å². The molecule has 7 heteroatoms. The van der Waals surface area contributed by atoms with E-state index in [4.69, 9.17) is 33.2 Å². The standard InChI is InChI=1S/C20H9Cl2N3O2/c21-9-5-1-3-7-11-13-14(20(27)25-19(13)26)12-8-4-2-6-10(22)16(8)24-18(12)17(11)23-15(7)9/h1-6,19,26H,(H,25,27)/t19-/m1/s1. The molecule has 3 heterocycles. The van der Waals surface area contributed by atoms with Crippen LogP contribution in [0.5, 0.6) is 0 Å². The molecule has 0 aliphatic carbocycles. The van der Waals surface area contributed by atoms with Crippen LogP contribution in [0.4, 0.5) is 11.4 Å². The Kier molecular flexibility index (Phi) is 2.81. The zero-order chi connectivity index (χ0) is 18.4. The molecule has 3 aromatic rings. The van der Waals surface area contributed by atoms with E-state index in [1.807, 2.05) is 24.3 Å². The Labute approximate surface area is 162 Å². The molecule has 0 aromatic heterocycles. The molecule has 3 aliphatic rings. The normalized spacial score (nSPS) is 17.3. The number of aliphatic hydroxyl groups is 1. The fourth-order valence-electron chi connectivity index (χ4n) is 4.16. The van der Waals surface area contributed by atoms with Crippen molar-refractivity contribution in [3.8, 4) is 22.3 Å². The molecule has 5 nitrogen and oxygen atoms in total. The zero-order valence-electron chi connectivity index (χ0n) is 13.5. The number of nitrogens with zero attached hydrogens (tertiary/aromatic N) is 2. The van der Waals surface area contributed by atoms with Gasteiger partial charge in [0.1, 0.15) is 0 Å². The van der Waals surface area contributed by atoms with E-state index in [0.717, 1.165) is 11.1 Å². The van der Waals surface area contributed by atoms with E-state index in [9.17, 15) is 9.90 Å². The van der Waals surface area contributed by atoms with E-state index in [1.165, 1.54) is 0 Å². The lowest BCUT2D eigenvalue weighted by molar-refractivity contribution is 0.0851. The molecule has 0 radical (unpaired) electrons. The number of fused-ring (bicyclic) bond motifs is 10. The maximum absolute atomic E-state index is 12.7. The predicted molar refractivity (Wildman–Crippen MR) is 101 cm³/mol. The molecule has 2 N–H and O–H groups in total. The molecule has 130 valence electrons. The number of halogens is 2. The van der Waals surface area contributed by atoms with Crippen molar-refractivity contribution < 1.29 is 9.90 Å². The topological polar surface area (TPSA) is 74.0 Å². The minimum absolute atomic E-state index is 0.338. The quantitative estimate of drug-likeness (QED) is 0.421. The molecule has 6 rings (SSSR count). The molecular formula is C20H9Cl2N3O2. The van der Waals surface area contributed by atoms with Gasteiger partial charge in [-0.2, -0.15) is 0 Å². The van der Waals surface area contributed by atoms with Crippen molar-refractivity contribution in [2.75, 3.05) is 0 Å². The minimum atomic E-state index is -1.12. The van der Waals surface area contributed by atoms with Gasteiger partial charge in [-0.15, -0.1) is 0 Å². The first-order valence-corrected chi connectivity index (χ1v) is 9.06. The van der Waals surface area contributed by atoms with Gasteiger partial charge in [-0.3, -0.25) is 4.79 Å². The summed E-state index contributed by atoms with van der Waals surface area (Å²) in [4.78, 5) is 22.1. The van der Waals surface area contributed by atoms with Crippen LogP contribution in [0.25, 0.3) is 22.3 Å². The summed E-state index contributed by atoms with van der Waals surface area (Å²) in [6, 6.07) is 10.9. The van der Waals surface area contributed by atoms with Crippen LogP contribution in [0, 0.1) is 0 Å². The summed E-state index contributed by atoms with van der Waals surface area (Å²) in [5.74, 6) is -0.338. The lowest BCUT2D eigenvalue weighted by Crippen LogP contribution is -2.29. The number of benzene rings is 3. The van der Waals surface area contributed by atoms with Crippen LogP contribution in [0.3, 0.4) is 0 Å². The maximum Gasteiger partial charge on any atom is 0.254 e. The summed E-state index contributed by atoms with van der Waals surface area (Å²) in [6.45, 7) is 0. The van der Waals surface area contributed by atoms with Gasteiger partial charge in [-0.1, -0.05) is 47.5 Å². The number of para-hydroxylation sites is 2. The average molecular weight is 394 g/mol. The molecule has 0 unspecified atom stereocenters. The Morgan fingerprint density at radius 1 is 0.852 bits per heavy atom. The van der Waals surface area contributed by atoms with Crippen molar-refractivity contribution in [1.29, 1.82) is 0 Å². The van der Waals surface area contributed by atoms with E-state index >= 15 is 0 Å². The van der Waals surface area contributed by atoms with Crippen LogP contribution in [-0.2, 0) is 0 Å². The van der Waals surface area contributed by atoms with Gasteiger partial charge in [-0.25, -0.2) is 9.98 Å². The highest BCUT2D eigenvalue weighted by atomic mass is 35.5. The molecule has 1 atom stereocenters. The van der Waals surface area contributed by atoms with E-state index in [1.54, 1.807) is 12.1 Å². The fourth-order valence-corrected chi connectivity index (χ4v) is 4.59. The van der Waals surface area contributed by atoms with Crippen molar-refractivity contribution in [3.63, 3.8) is 0 Å². The van der Waals surface area contributed by atoms with E-state index in [0.29, 0.717) is 54.4 Å². The average Bonchev–Trinajstić information content (AvgIpc) is 3.28. The van der Waals surface area contributed by atoms with Crippen LogP contribution >= 0.6 is 23.2 Å². The van der Waals surface area contributed by atoms with Crippen LogP contribution in [0.2, 0.25) is 10.0 Å². The SMILES string of the molecule is O=C1N[C@H](O)c2c1c1c(c3c2-c2cccc(Cl)c2N=3)=Nc2c(Cl)cccc2-1. The summed E-state index contributed by atoms with van der Waals surface area (Å²) in [7, 11) is 0. The van der Waals surface area contributed by atoms with Gasteiger partial charge in [0.15, 0.2) is 6.23 Å². The highest BCUT2D eigenvalue weighted by Gasteiger charge is 2.39. The Morgan fingerprint density at radius 3 is 2.04 bits per heavy atom. The van der Waals surface area contributed by atoms with Gasteiger partial charge < -0.3 is 10.4 Å². The minimum Gasteiger partial charge on any atom is -0.369 e. The summed E-state index contributed by atoms with van der Waals surface area (Å²) in [6.07, 6.45) is -1.12. The molecule has 0 bridgehead atoms. The van der Waals surface area contributed by atoms with Crippen LogP contribution in [0.1, 0.15) is 22.1 Å². The summed E-state index contributed by atoms with van der Waals surface area (Å²) < 4.78 is 0. The third-order valence-corrected chi connectivity index (χ3v) is 5.82. The van der Waals surface area contributed by atoms with Crippen molar-refractivity contribution in [2.24, 2.45) is 9.98 Å². The van der Waals surface area contributed by atoms with Crippen LogP contribution < -0.4 is 16.0 Å². The second-order valence-corrected chi connectivity index (χ2v) is 7.42. The Hall–Kier alpha value is -2.73. The first-order valence-electron chi connectivity index (χ1n) is 8.30. The number of hydrogen-bond acceptors (Lipinski definition) is 4. The Bertz CT molecular complexity index is 1360. The molecule has 3 aromatic carbocycles. The van der Waals surface area contributed by atoms with Gasteiger partial charge in [-0.05, 0) is 12.1 Å². The smallest absolute Gasteiger partial charge is 0.254 e. The van der Waals surface area contributed by atoms with Crippen LogP contribution in [-0.4, -0.2) is 11.0 Å². The maximum atomic E-state index is 12.7. The molecule has 3 aliphatic heterocycles. The number of hydrogen-bond donors (Lipinski definition) is 2. The van der Waals surface area contributed by atoms with Crippen molar-refractivity contribution in [2.45, 2.75) is 6.23 Å². The monoisotopic (exact) mass is 393 g/mol. The molecule has 27 heavy (non-hydrogen) atoms. The molecule has 1 amide bonds. The van der Waals surface area contributed by atoms with E-state index < -0.39 is 6.23 Å². The van der Waals surface area contributed by atoms with Gasteiger partial charge in [0.25, 0.3) is 5.91 Å². The first kappa shape index (κ1) is 15.3. The predicted octanol–water partition coefficient (Wildman–Crippen LogP) is 3.59. The number of nitrogens with one attached hydrogen (secondary N) is 1. The highest BCUT2D eigenvalue weighted by molar-refractivity contribution is 6.34. The van der Waals surface area contributed by atoms with Crippen molar-refractivity contribution in [1.82, 2.24) is 5.32 Å². The number of carbonyl (C=O) groups is 1. The summed E-state index contributed by atoms with van der Waals surface area (Å²) >= 11 is 12.7. The molecule has 0 fully saturated rings. The molecule has 0 saturated heterocycles. The number of rotatable bonds is 0. The highest BCUT2D eigenvalue weighted by Crippen LogP contribution is 2.47. The summed E-state index contributed by atoms with van der Waals surface area (Å²) in [5.41, 5.74) is 5.06. The van der Waals surface area contributed by atoms with Gasteiger partial charge >= 0.3 is 0 Å². The third-order valence-electron chi connectivity index (χ3n) is 5.21. The molecular weight excluding hydrogens is 385 g/mol. The summed E-state index contributed by atoms with van der Waals surface area (Å²) in [5, 5.41) is 15.4. The molecule has 0 spiro atoms. The first-order chi connectivity index (χ1) is 13.1. The third kappa shape index (κ3) is 1.76.